The Bertz CT molecular complexity index is 1140. The summed E-state index contributed by atoms with van der Waals surface area (Å²) in [6, 6.07) is 13.6. The molecule has 2 aromatic carbocycles. The third-order valence-electron chi connectivity index (χ3n) is 7.02. The summed E-state index contributed by atoms with van der Waals surface area (Å²) in [6.45, 7) is 11.9. The van der Waals surface area contributed by atoms with Gasteiger partial charge in [-0.3, -0.25) is 0 Å². The fourth-order valence-electron chi connectivity index (χ4n) is 4.78. The summed E-state index contributed by atoms with van der Waals surface area (Å²) in [4.78, 5) is 15.8. The zero-order valence-corrected chi connectivity index (χ0v) is 21.0. The van der Waals surface area contributed by atoms with E-state index >= 15 is 0 Å². The third-order valence-corrected chi connectivity index (χ3v) is 7.85. The lowest BCUT2D eigenvalue weighted by atomic mass is 9.62. The van der Waals surface area contributed by atoms with E-state index in [-0.39, 0.29) is 22.3 Å². The van der Waals surface area contributed by atoms with Crippen molar-refractivity contribution >= 4 is 17.3 Å². The van der Waals surface area contributed by atoms with Crippen LogP contribution in [0.3, 0.4) is 0 Å². The maximum atomic E-state index is 11.1. The SMILES string of the molecule is Cc1nc(CC(COc2ccc(C(=O)O)cc2)c2ccc3c(c2)C(C)(C)CCC3(C)C)cs1. The number of benzene rings is 2. The van der Waals surface area contributed by atoms with E-state index < -0.39 is 5.97 Å². The van der Waals surface area contributed by atoms with Crippen molar-refractivity contribution in [2.75, 3.05) is 6.61 Å². The van der Waals surface area contributed by atoms with Gasteiger partial charge in [-0.25, -0.2) is 9.78 Å². The fraction of sp³-hybridized carbons (Fsp3) is 0.429. The van der Waals surface area contributed by atoms with Gasteiger partial charge in [0.05, 0.1) is 22.9 Å². The number of ether oxygens (including phenoxy) is 1. The summed E-state index contributed by atoms with van der Waals surface area (Å²) in [5, 5.41) is 12.3. The van der Waals surface area contributed by atoms with Gasteiger partial charge in [0.2, 0.25) is 0 Å². The van der Waals surface area contributed by atoms with E-state index in [1.165, 1.54) is 29.5 Å². The Labute approximate surface area is 200 Å². The van der Waals surface area contributed by atoms with E-state index in [4.69, 9.17) is 14.8 Å². The quantitative estimate of drug-likeness (QED) is 0.414. The number of hydrogen-bond acceptors (Lipinski definition) is 4. The van der Waals surface area contributed by atoms with E-state index in [9.17, 15) is 4.79 Å². The van der Waals surface area contributed by atoms with Crippen LogP contribution in [0.4, 0.5) is 0 Å². The van der Waals surface area contributed by atoms with Crippen molar-refractivity contribution in [3.8, 4) is 5.75 Å². The van der Waals surface area contributed by atoms with Crippen molar-refractivity contribution in [2.24, 2.45) is 0 Å². The van der Waals surface area contributed by atoms with Crippen LogP contribution in [0.1, 0.15) is 84.2 Å². The molecule has 4 nitrogen and oxygen atoms in total. The Kier molecular flexibility index (Phi) is 6.37. The number of carbonyl (C=O) groups is 1. The van der Waals surface area contributed by atoms with Gasteiger partial charge in [-0.2, -0.15) is 0 Å². The molecule has 0 amide bonds. The minimum atomic E-state index is -0.932. The molecule has 1 heterocycles. The molecule has 4 rings (SSSR count). The molecule has 0 bridgehead atoms. The molecule has 174 valence electrons. The molecule has 5 heteroatoms. The smallest absolute Gasteiger partial charge is 0.335 e. The molecule has 1 aliphatic carbocycles. The average molecular weight is 464 g/mol. The van der Waals surface area contributed by atoms with Crippen LogP contribution in [0.5, 0.6) is 5.75 Å². The first-order chi connectivity index (χ1) is 15.5. The van der Waals surface area contributed by atoms with Crippen LogP contribution in [0, 0.1) is 6.92 Å². The van der Waals surface area contributed by atoms with Crippen molar-refractivity contribution in [3.05, 3.63) is 80.8 Å². The molecule has 33 heavy (non-hydrogen) atoms. The molecule has 1 aromatic heterocycles. The summed E-state index contributed by atoms with van der Waals surface area (Å²) >= 11 is 1.68. The number of carboxylic acids is 1. The average Bonchev–Trinajstić information content (AvgIpc) is 3.19. The second-order valence-electron chi connectivity index (χ2n) is 10.5. The van der Waals surface area contributed by atoms with Gasteiger partial charge in [-0.05, 0) is 71.6 Å². The van der Waals surface area contributed by atoms with Crippen molar-refractivity contribution in [3.63, 3.8) is 0 Å². The number of nitrogens with zero attached hydrogens (tertiary/aromatic N) is 1. The number of hydrogen-bond donors (Lipinski definition) is 1. The van der Waals surface area contributed by atoms with Gasteiger partial charge < -0.3 is 9.84 Å². The minimum absolute atomic E-state index is 0.149. The molecule has 0 radical (unpaired) electrons. The molecular formula is C28H33NO3S. The molecule has 1 unspecified atom stereocenters. The molecule has 0 saturated heterocycles. The maximum absolute atomic E-state index is 11.1. The number of thiazole rings is 1. The molecule has 1 aliphatic rings. The van der Waals surface area contributed by atoms with Gasteiger partial charge in [0, 0.05) is 17.7 Å². The summed E-state index contributed by atoms with van der Waals surface area (Å²) in [5.41, 5.74) is 5.86. The van der Waals surface area contributed by atoms with E-state index in [1.807, 2.05) is 6.92 Å². The van der Waals surface area contributed by atoms with Crippen molar-refractivity contribution in [1.29, 1.82) is 0 Å². The summed E-state index contributed by atoms with van der Waals surface area (Å²) in [6.07, 6.45) is 3.18. The number of fused-ring (bicyclic) bond motifs is 1. The molecule has 1 atom stereocenters. The molecular weight excluding hydrogens is 430 g/mol. The van der Waals surface area contributed by atoms with Crippen LogP contribution in [0.25, 0.3) is 0 Å². The van der Waals surface area contributed by atoms with Crippen molar-refractivity contribution in [1.82, 2.24) is 4.98 Å². The summed E-state index contributed by atoms with van der Waals surface area (Å²) < 4.78 is 6.16. The molecule has 0 saturated carbocycles. The number of rotatable bonds is 7. The lowest BCUT2D eigenvalue weighted by Gasteiger charge is -2.42. The maximum Gasteiger partial charge on any atom is 0.335 e. The normalized spacial score (nSPS) is 17.2. The van der Waals surface area contributed by atoms with Crippen LogP contribution >= 0.6 is 11.3 Å². The van der Waals surface area contributed by atoms with E-state index in [0.717, 1.165) is 17.1 Å². The molecule has 1 N–H and O–H groups in total. The topological polar surface area (TPSA) is 59.4 Å². The largest absolute Gasteiger partial charge is 0.493 e. The van der Waals surface area contributed by atoms with Crippen LogP contribution in [-0.4, -0.2) is 22.7 Å². The summed E-state index contributed by atoms with van der Waals surface area (Å²) in [5.74, 6) is -0.103. The predicted molar refractivity (Wildman–Crippen MR) is 134 cm³/mol. The molecule has 3 aromatic rings. The van der Waals surface area contributed by atoms with E-state index in [0.29, 0.717) is 12.4 Å². The zero-order valence-electron chi connectivity index (χ0n) is 20.1. The summed E-state index contributed by atoms with van der Waals surface area (Å²) in [7, 11) is 0. The highest BCUT2D eigenvalue weighted by molar-refractivity contribution is 7.09. The van der Waals surface area contributed by atoms with E-state index in [1.54, 1.807) is 35.6 Å². The van der Waals surface area contributed by atoms with Crippen LogP contribution in [0.2, 0.25) is 0 Å². The van der Waals surface area contributed by atoms with Crippen LogP contribution < -0.4 is 4.74 Å². The fourth-order valence-corrected chi connectivity index (χ4v) is 5.40. The first-order valence-corrected chi connectivity index (χ1v) is 12.5. The lowest BCUT2D eigenvalue weighted by Crippen LogP contribution is -2.34. The first-order valence-electron chi connectivity index (χ1n) is 11.6. The second-order valence-corrected chi connectivity index (χ2v) is 11.5. The Balaban J connectivity index is 1.64. The number of carboxylic acid groups (broad SMARTS) is 1. The Morgan fingerprint density at radius 1 is 1.06 bits per heavy atom. The Morgan fingerprint density at radius 3 is 2.33 bits per heavy atom. The first kappa shape index (κ1) is 23.5. The molecule has 0 fully saturated rings. The van der Waals surface area contributed by atoms with Gasteiger partial charge in [0.15, 0.2) is 0 Å². The zero-order chi connectivity index (χ0) is 23.8. The standard InChI is InChI=1S/C28H33NO3S/c1-18-29-22(17-33-18)14-21(16-32-23-9-6-19(7-10-23)26(30)31)20-8-11-24-25(15-20)28(4,5)13-12-27(24,2)3/h6-11,15,17,21H,12-14,16H2,1-5H3,(H,30,31). The van der Waals surface area contributed by atoms with Gasteiger partial charge in [0.25, 0.3) is 0 Å². The van der Waals surface area contributed by atoms with Gasteiger partial charge in [0.1, 0.15) is 5.75 Å². The Hall–Kier alpha value is -2.66. The second kappa shape index (κ2) is 8.94. The number of aromatic nitrogens is 1. The third kappa shape index (κ3) is 5.14. The number of aryl methyl sites for hydroxylation is 1. The number of aromatic carboxylic acids is 1. The monoisotopic (exact) mass is 463 g/mol. The van der Waals surface area contributed by atoms with Gasteiger partial charge in [-0.1, -0.05) is 45.9 Å². The minimum Gasteiger partial charge on any atom is -0.493 e. The molecule has 0 spiro atoms. The highest BCUT2D eigenvalue weighted by atomic mass is 32.1. The van der Waals surface area contributed by atoms with Crippen LogP contribution in [-0.2, 0) is 17.3 Å². The predicted octanol–water partition coefficient (Wildman–Crippen LogP) is 6.90. The van der Waals surface area contributed by atoms with Gasteiger partial charge >= 0.3 is 5.97 Å². The highest BCUT2D eigenvalue weighted by Gasteiger charge is 2.37. The van der Waals surface area contributed by atoms with Crippen molar-refractivity contribution < 1.29 is 14.6 Å². The molecule has 0 aliphatic heterocycles. The van der Waals surface area contributed by atoms with Gasteiger partial charge in [-0.15, -0.1) is 11.3 Å². The Morgan fingerprint density at radius 2 is 1.73 bits per heavy atom. The van der Waals surface area contributed by atoms with Crippen molar-refractivity contribution in [2.45, 2.75) is 70.6 Å². The lowest BCUT2D eigenvalue weighted by molar-refractivity contribution is 0.0697. The van der Waals surface area contributed by atoms with E-state index in [2.05, 4.69) is 51.3 Å². The van der Waals surface area contributed by atoms with Crippen LogP contribution in [0.15, 0.2) is 47.8 Å². The highest BCUT2D eigenvalue weighted by Crippen LogP contribution is 2.46.